The Morgan fingerprint density at radius 3 is 2.96 bits per heavy atom. The summed E-state index contributed by atoms with van der Waals surface area (Å²) in [6.45, 7) is 2.39. The van der Waals surface area contributed by atoms with Gasteiger partial charge in [-0.2, -0.15) is 5.10 Å². The van der Waals surface area contributed by atoms with Gasteiger partial charge >= 0.3 is 6.03 Å². The van der Waals surface area contributed by atoms with Crippen LogP contribution in [0.15, 0.2) is 24.5 Å². The predicted molar refractivity (Wildman–Crippen MR) is 97.9 cm³/mol. The van der Waals surface area contributed by atoms with Gasteiger partial charge in [0.2, 0.25) is 0 Å². The summed E-state index contributed by atoms with van der Waals surface area (Å²) in [4.78, 5) is 15.3. The Hall–Kier alpha value is -1.61. The van der Waals surface area contributed by atoms with Gasteiger partial charge in [-0.25, -0.2) is 4.79 Å². The molecular weight excluding hydrogens is 362 g/mol. The van der Waals surface area contributed by atoms with Gasteiger partial charge in [-0.3, -0.25) is 9.58 Å². The maximum atomic E-state index is 12.1. The molecule has 9 heteroatoms. The van der Waals surface area contributed by atoms with Gasteiger partial charge < -0.3 is 15.4 Å². The number of aromatic nitrogens is 2. The highest BCUT2D eigenvalue weighted by Crippen LogP contribution is 2.27. The van der Waals surface area contributed by atoms with Gasteiger partial charge in [0.05, 0.1) is 35.8 Å². The molecule has 0 bridgehead atoms. The lowest BCUT2D eigenvalue weighted by atomic mass is 10.0. The highest BCUT2D eigenvalue weighted by atomic mass is 35.5. The van der Waals surface area contributed by atoms with Gasteiger partial charge in [-0.05, 0) is 19.2 Å². The highest BCUT2D eigenvalue weighted by molar-refractivity contribution is 7.16. The van der Waals surface area contributed by atoms with Crippen molar-refractivity contribution in [3.8, 4) is 0 Å². The minimum atomic E-state index is -0.216. The molecule has 1 fully saturated rings. The minimum Gasteiger partial charge on any atom is -0.373 e. The molecule has 0 radical (unpaired) electrons. The van der Waals surface area contributed by atoms with Crippen molar-refractivity contribution in [3.63, 3.8) is 0 Å². The van der Waals surface area contributed by atoms with Crippen molar-refractivity contribution < 1.29 is 9.53 Å². The number of carbonyl (C=O) groups excluding carboxylic acids is 1. The molecule has 1 saturated heterocycles. The standard InChI is InChI=1S/C16H22ClN5O2S/c1-21-5-6-24-13(15(21)11-7-20-22(2)10-11)9-19-16(23)18-8-12-3-4-14(17)25-12/h3-4,7,10,13,15H,5-6,8-9H2,1-2H3,(H2,18,19,23)/t13-,15-/m0/s1. The Kier molecular flexibility index (Phi) is 5.95. The van der Waals surface area contributed by atoms with Crippen LogP contribution in [0.25, 0.3) is 0 Å². The molecule has 2 aromatic heterocycles. The molecule has 2 atom stereocenters. The first kappa shape index (κ1) is 18.2. The monoisotopic (exact) mass is 383 g/mol. The zero-order chi connectivity index (χ0) is 17.8. The summed E-state index contributed by atoms with van der Waals surface area (Å²) < 4.78 is 8.40. The first-order valence-electron chi connectivity index (χ1n) is 8.09. The van der Waals surface area contributed by atoms with Crippen LogP contribution in [0.2, 0.25) is 4.34 Å². The Morgan fingerprint density at radius 2 is 2.28 bits per heavy atom. The second-order valence-electron chi connectivity index (χ2n) is 6.05. The van der Waals surface area contributed by atoms with E-state index in [9.17, 15) is 4.79 Å². The fraction of sp³-hybridized carbons (Fsp3) is 0.500. The van der Waals surface area contributed by atoms with E-state index in [0.29, 0.717) is 19.7 Å². The predicted octanol–water partition coefficient (Wildman–Crippen LogP) is 2.01. The highest BCUT2D eigenvalue weighted by Gasteiger charge is 2.32. The lowest BCUT2D eigenvalue weighted by Crippen LogP contribution is -2.49. The van der Waals surface area contributed by atoms with E-state index in [1.54, 1.807) is 4.68 Å². The van der Waals surface area contributed by atoms with Crippen LogP contribution in [0.5, 0.6) is 0 Å². The third-order valence-electron chi connectivity index (χ3n) is 4.19. The molecule has 1 aliphatic heterocycles. The number of nitrogens with one attached hydrogen (secondary N) is 2. The van der Waals surface area contributed by atoms with E-state index in [1.165, 1.54) is 11.3 Å². The molecule has 2 amide bonds. The van der Waals surface area contributed by atoms with Crippen LogP contribution in [0.3, 0.4) is 0 Å². The summed E-state index contributed by atoms with van der Waals surface area (Å²) in [5, 5.41) is 9.98. The average Bonchev–Trinajstić information content (AvgIpc) is 3.19. The van der Waals surface area contributed by atoms with Crippen LogP contribution < -0.4 is 10.6 Å². The van der Waals surface area contributed by atoms with E-state index in [1.807, 2.05) is 31.6 Å². The number of amides is 2. The molecule has 0 spiro atoms. The van der Waals surface area contributed by atoms with E-state index >= 15 is 0 Å². The summed E-state index contributed by atoms with van der Waals surface area (Å²) >= 11 is 7.35. The van der Waals surface area contributed by atoms with Crippen molar-refractivity contribution >= 4 is 29.0 Å². The number of morpholine rings is 1. The number of nitrogens with zero attached hydrogens (tertiary/aromatic N) is 3. The number of ether oxygens (including phenoxy) is 1. The lowest BCUT2D eigenvalue weighted by molar-refractivity contribution is -0.0601. The summed E-state index contributed by atoms with van der Waals surface area (Å²) in [6, 6.07) is 3.58. The van der Waals surface area contributed by atoms with Crippen LogP contribution in [0.4, 0.5) is 4.79 Å². The SMILES string of the molecule is CN1CCO[C@@H](CNC(=O)NCc2ccc(Cl)s2)[C@@H]1c1cnn(C)c1. The maximum absolute atomic E-state index is 12.1. The van der Waals surface area contributed by atoms with Crippen molar-refractivity contribution in [1.82, 2.24) is 25.3 Å². The normalized spacial score (nSPS) is 21.2. The average molecular weight is 384 g/mol. The van der Waals surface area contributed by atoms with Crippen LogP contribution in [-0.4, -0.2) is 53.6 Å². The van der Waals surface area contributed by atoms with Crippen molar-refractivity contribution in [3.05, 3.63) is 39.3 Å². The van der Waals surface area contributed by atoms with E-state index in [-0.39, 0.29) is 18.2 Å². The van der Waals surface area contributed by atoms with E-state index in [4.69, 9.17) is 16.3 Å². The molecule has 25 heavy (non-hydrogen) atoms. The summed E-state index contributed by atoms with van der Waals surface area (Å²) in [7, 11) is 3.96. The number of hydrogen-bond acceptors (Lipinski definition) is 5. The molecular formula is C16H22ClN5O2S. The molecule has 0 aromatic carbocycles. The van der Waals surface area contributed by atoms with Gasteiger partial charge in [0.1, 0.15) is 0 Å². The molecule has 0 aliphatic carbocycles. The van der Waals surface area contributed by atoms with Gasteiger partial charge in [0, 0.05) is 36.8 Å². The number of thiophene rings is 1. The largest absolute Gasteiger partial charge is 0.373 e. The van der Waals surface area contributed by atoms with Crippen molar-refractivity contribution in [2.24, 2.45) is 7.05 Å². The first-order valence-corrected chi connectivity index (χ1v) is 9.28. The first-order chi connectivity index (χ1) is 12.0. The van der Waals surface area contributed by atoms with Crippen molar-refractivity contribution in [1.29, 1.82) is 0 Å². The number of hydrogen-bond donors (Lipinski definition) is 2. The molecule has 0 unspecified atom stereocenters. The zero-order valence-electron chi connectivity index (χ0n) is 14.2. The summed E-state index contributed by atoms with van der Waals surface area (Å²) in [5.41, 5.74) is 1.09. The molecule has 1 aliphatic rings. The Labute approximate surface area is 155 Å². The molecule has 3 rings (SSSR count). The fourth-order valence-electron chi connectivity index (χ4n) is 2.96. The Morgan fingerprint density at radius 1 is 1.44 bits per heavy atom. The quantitative estimate of drug-likeness (QED) is 0.828. The van der Waals surface area contributed by atoms with Gasteiger partial charge in [-0.15, -0.1) is 11.3 Å². The van der Waals surface area contributed by atoms with Crippen LogP contribution in [0.1, 0.15) is 16.5 Å². The number of halogens is 1. The van der Waals surface area contributed by atoms with Crippen molar-refractivity contribution in [2.45, 2.75) is 18.7 Å². The molecule has 136 valence electrons. The lowest BCUT2D eigenvalue weighted by Gasteiger charge is -2.38. The Bertz CT molecular complexity index is 719. The number of aryl methyl sites for hydroxylation is 1. The number of rotatable bonds is 5. The third-order valence-corrected chi connectivity index (χ3v) is 5.42. The number of likely N-dealkylation sites (N-methyl/N-ethyl adjacent to an activating group) is 1. The number of carbonyl (C=O) groups is 1. The van der Waals surface area contributed by atoms with Crippen molar-refractivity contribution in [2.75, 3.05) is 26.7 Å². The third kappa shape index (κ3) is 4.72. The topological polar surface area (TPSA) is 71.4 Å². The van der Waals surface area contributed by atoms with E-state index in [0.717, 1.165) is 21.3 Å². The van der Waals surface area contributed by atoms with Gasteiger partial charge in [-0.1, -0.05) is 11.6 Å². The Balaban J connectivity index is 1.53. The van der Waals surface area contributed by atoms with E-state index in [2.05, 4.69) is 27.7 Å². The summed E-state index contributed by atoms with van der Waals surface area (Å²) in [5.74, 6) is 0. The van der Waals surface area contributed by atoms with Crippen LogP contribution >= 0.6 is 22.9 Å². The van der Waals surface area contributed by atoms with Crippen LogP contribution in [-0.2, 0) is 18.3 Å². The van der Waals surface area contributed by atoms with Crippen LogP contribution in [0, 0.1) is 0 Å². The molecule has 3 heterocycles. The maximum Gasteiger partial charge on any atom is 0.315 e. The smallest absolute Gasteiger partial charge is 0.315 e. The second-order valence-corrected chi connectivity index (χ2v) is 7.85. The molecule has 2 aromatic rings. The molecule has 7 nitrogen and oxygen atoms in total. The van der Waals surface area contributed by atoms with Gasteiger partial charge in [0.15, 0.2) is 0 Å². The number of urea groups is 1. The van der Waals surface area contributed by atoms with Gasteiger partial charge in [0.25, 0.3) is 0 Å². The molecule has 2 N–H and O–H groups in total. The second kappa shape index (κ2) is 8.18. The zero-order valence-corrected chi connectivity index (χ0v) is 15.8. The summed E-state index contributed by atoms with van der Waals surface area (Å²) in [6.07, 6.45) is 3.72. The minimum absolute atomic E-state index is 0.0684. The fourth-order valence-corrected chi connectivity index (χ4v) is 3.99. The molecule has 0 saturated carbocycles. The van der Waals surface area contributed by atoms with E-state index < -0.39 is 0 Å².